The summed E-state index contributed by atoms with van der Waals surface area (Å²) in [6.45, 7) is 15.7. The minimum absolute atomic E-state index is 0.588. The first kappa shape index (κ1) is 17.2. The van der Waals surface area contributed by atoms with Crippen molar-refractivity contribution in [3.05, 3.63) is 34.9 Å². The number of nitrogens with one attached hydrogen (secondary N) is 1. The number of benzene rings is 1. The van der Waals surface area contributed by atoms with Crippen LogP contribution in [0.2, 0.25) is 0 Å². The Morgan fingerprint density at radius 1 is 1.15 bits per heavy atom. The van der Waals surface area contributed by atoms with Crippen molar-refractivity contribution in [2.45, 2.75) is 60.0 Å². The Balaban J connectivity index is 2.29. The van der Waals surface area contributed by atoms with Crippen LogP contribution in [-0.4, -0.2) is 30.6 Å². The topological polar surface area (TPSA) is 15.3 Å². The van der Waals surface area contributed by atoms with Gasteiger partial charge in [-0.1, -0.05) is 37.6 Å². The van der Waals surface area contributed by atoms with Crippen molar-refractivity contribution in [2.24, 2.45) is 0 Å². The Morgan fingerprint density at radius 3 is 2.50 bits per heavy atom. The van der Waals surface area contributed by atoms with Gasteiger partial charge in [0.25, 0.3) is 0 Å². The summed E-state index contributed by atoms with van der Waals surface area (Å²) in [6.07, 6.45) is 2.53. The van der Waals surface area contributed by atoms with Crippen LogP contribution in [-0.2, 0) is 6.54 Å². The molecule has 2 heteroatoms. The fraction of sp³-hybridized carbons (Fsp3) is 0.667. The van der Waals surface area contributed by atoms with E-state index in [4.69, 9.17) is 0 Å². The van der Waals surface area contributed by atoms with Gasteiger partial charge < -0.3 is 10.2 Å². The molecule has 1 rings (SSSR count). The molecule has 0 amide bonds. The number of aryl methyl sites for hydroxylation is 2. The molecule has 0 aromatic heterocycles. The molecule has 0 fully saturated rings. The summed E-state index contributed by atoms with van der Waals surface area (Å²) in [4.78, 5) is 2.50. The fourth-order valence-electron chi connectivity index (χ4n) is 2.54. The van der Waals surface area contributed by atoms with Gasteiger partial charge in [0.1, 0.15) is 0 Å². The molecule has 0 aliphatic carbocycles. The van der Waals surface area contributed by atoms with Crippen LogP contribution in [0.3, 0.4) is 0 Å². The van der Waals surface area contributed by atoms with E-state index in [9.17, 15) is 0 Å². The van der Waals surface area contributed by atoms with E-state index in [2.05, 4.69) is 63.0 Å². The van der Waals surface area contributed by atoms with Crippen molar-refractivity contribution < 1.29 is 0 Å². The van der Waals surface area contributed by atoms with Crippen LogP contribution in [0, 0.1) is 13.8 Å². The molecule has 0 bridgehead atoms. The Labute approximate surface area is 125 Å². The van der Waals surface area contributed by atoms with Crippen LogP contribution in [0.4, 0.5) is 0 Å². The average Bonchev–Trinajstić information content (AvgIpc) is 2.44. The largest absolute Gasteiger partial charge is 0.310 e. The quantitative estimate of drug-likeness (QED) is 0.736. The summed E-state index contributed by atoms with van der Waals surface area (Å²) in [6, 6.07) is 7.29. The SMILES string of the molecule is CCN(CC)CCCC(C)NCc1cc(C)ccc1C. The first-order valence-electron chi connectivity index (χ1n) is 8.08. The number of hydrogen-bond donors (Lipinski definition) is 1. The van der Waals surface area contributed by atoms with Crippen LogP contribution in [0.1, 0.15) is 50.3 Å². The third-order valence-electron chi connectivity index (χ3n) is 4.15. The van der Waals surface area contributed by atoms with E-state index in [0.717, 1.165) is 6.54 Å². The molecule has 1 atom stereocenters. The highest BCUT2D eigenvalue weighted by Crippen LogP contribution is 2.11. The lowest BCUT2D eigenvalue weighted by Crippen LogP contribution is -2.29. The normalized spacial score (nSPS) is 12.9. The molecule has 1 N–H and O–H groups in total. The van der Waals surface area contributed by atoms with E-state index in [1.54, 1.807) is 0 Å². The molecule has 0 saturated carbocycles. The van der Waals surface area contributed by atoms with E-state index in [1.165, 1.54) is 49.2 Å². The summed E-state index contributed by atoms with van der Waals surface area (Å²) < 4.78 is 0. The second-order valence-corrected chi connectivity index (χ2v) is 5.88. The van der Waals surface area contributed by atoms with E-state index >= 15 is 0 Å². The summed E-state index contributed by atoms with van der Waals surface area (Å²) in [5.74, 6) is 0. The first-order valence-corrected chi connectivity index (χ1v) is 8.08. The first-order chi connectivity index (χ1) is 9.56. The monoisotopic (exact) mass is 276 g/mol. The Bertz CT molecular complexity index is 383. The zero-order valence-corrected chi connectivity index (χ0v) is 14.0. The summed E-state index contributed by atoms with van der Waals surface area (Å²) in [7, 11) is 0. The molecular weight excluding hydrogens is 244 g/mol. The van der Waals surface area contributed by atoms with Gasteiger partial charge >= 0.3 is 0 Å². The molecule has 1 aromatic rings. The van der Waals surface area contributed by atoms with Gasteiger partial charge in [0.2, 0.25) is 0 Å². The molecule has 0 aliphatic heterocycles. The van der Waals surface area contributed by atoms with Crippen molar-refractivity contribution in [3.63, 3.8) is 0 Å². The minimum atomic E-state index is 0.588. The highest BCUT2D eigenvalue weighted by Gasteiger charge is 2.05. The smallest absolute Gasteiger partial charge is 0.0210 e. The van der Waals surface area contributed by atoms with E-state index in [1.807, 2.05) is 0 Å². The molecule has 2 nitrogen and oxygen atoms in total. The lowest BCUT2D eigenvalue weighted by atomic mass is 10.0. The Morgan fingerprint density at radius 2 is 1.85 bits per heavy atom. The highest BCUT2D eigenvalue weighted by molar-refractivity contribution is 5.30. The lowest BCUT2D eigenvalue weighted by molar-refractivity contribution is 0.290. The Hall–Kier alpha value is -0.860. The Kier molecular flexibility index (Phi) is 7.86. The molecule has 20 heavy (non-hydrogen) atoms. The van der Waals surface area contributed by atoms with Crippen LogP contribution in [0.5, 0.6) is 0 Å². The molecule has 1 unspecified atom stereocenters. The third-order valence-corrected chi connectivity index (χ3v) is 4.15. The van der Waals surface area contributed by atoms with Crippen molar-refractivity contribution in [1.82, 2.24) is 10.2 Å². The van der Waals surface area contributed by atoms with Crippen LogP contribution >= 0.6 is 0 Å². The lowest BCUT2D eigenvalue weighted by Gasteiger charge is -2.20. The molecule has 1 aromatic carbocycles. The van der Waals surface area contributed by atoms with E-state index < -0.39 is 0 Å². The van der Waals surface area contributed by atoms with Crippen molar-refractivity contribution in [3.8, 4) is 0 Å². The number of nitrogens with zero attached hydrogens (tertiary/aromatic N) is 1. The maximum absolute atomic E-state index is 3.66. The van der Waals surface area contributed by atoms with Crippen molar-refractivity contribution >= 4 is 0 Å². The molecule has 0 spiro atoms. The predicted octanol–water partition coefficient (Wildman–Crippen LogP) is 3.90. The van der Waals surface area contributed by atoms with Crippen molar-refractivity contribution in [1.29, 1.82) is 0 Å². The zero-order valence-electron chi connectivity index (χ0n) is 14.0. The average molecular weight is 276 g/mol. The summed E-state index contributed by atoms with van der Waals surface area (Å²) in [5, 5.41) is 3.66. The van der Waals surface area contributed by atoms with E-state index in [-0.39, 0.29) is 0 Å². The minimum Gasteiger partial charge on any atom is -0.310 e. The van der Waals surface area contributed by atoms with Crippen LogP contribution < -0.4 is 5.32 Å². The van der Waals surface area contributed by atoms with Gasteiger partial charge in [-0.25, -0.2) is 0 Å². The zero-order chi connectivity index (χ0) is 15.0. The standard InChI is InChI=1S/C18H32N2/c1-6-20(7-2)12-8-9-17(5)19-14-18-13-15(3)10-11-16(18)4/h10-11,13,17,19H,6-9,12,14H2,1-5H3. The molecule has 114 valence electrons. The number of rotatable bonds is 9. The van der Waals surface area contributed by atoms with Gasteiger partial charge in [0.15, 0.2) is 0 Å². The van der Waals surface area contributed by atoms with Gasteiger partial charge in [-0.05, 0) is 64.4 Å². The van der Waals surface area contributed by atoms with E-state index in [0.29, 0.717) is 6.04 Å². The molecule has 0 aliphatic rings. The van der Waals surface area contributed by atoms with Gasteiger partial charge in [-0.15, -0.1) is 0 Å². The second-order valence-electron chi connectivity index (χ2n) is 5.88. The summed E-state index contributed by atoms with van der Waals surface area (Å²) >= 11 is 0. The van der Waals surface area contributed by atoms with Crippen LogP contribution in [0.25, 0.3) is 0 Å². The van der Waals surface area contributed by atoms with Crippen molar-refractivity contribution in [2.75, 3.05) is 19.6 Å². The molecule has 0 radical (unpaired) electrons. The maximum atomic E-state index is 3.66. The maximum Gasteiger partial charge on any atom is 0.0210 e. The van der Waals surface area contributed by atoms with Gasteiger partial charge in [-0.3, -0.25) is 0 Å². The molecular formula is C18H32N2. The number of hydrogen-bond acceptors (Lipinski definition) is 2. The van der Waals surface area contributed by atoms with Crippen LogP contribution in [0.15, 0.2) is 18.2 Å². The van der Waals surface area contributed by atoms with Gasteiger partial charge in [-0.2, -0.15) is 0 Å². The van der Waals surface area contributed by atoms with Gasteiger partial charge in [0, 0.05) is 12.6 Å². The molecule has 0 heterocycles. The summed E-state index contributed by atoms with van der Waals surface area (Å²) in [5.41, 5.74) is 4.17. The highest BCUT2D eigenvalue weighted by atomic mass is 15.1. The second kappa shape index (κ2) is 9.15. The predicted molar refractivity (Wildman–Crippen MR) is 89.2 cm³/mol. The van der Waals surface area contributed by atoms with Gasteiger partial charge in [0.05, 0.1) is 0 Å². The fourth-order valence-corrected chi connectivity index (χ4v) is 2.54. The molecule has 0 saturated heterocycles. The third kappa shape index (κ3) is 6.06.